The Bertz CT molecular complexity index is 944. The summed E-state index contributed by atoms with van der Waals surface area (Å²) in [6.45, 7) is 1.38. The second-order valence-corrected chi connectivity index (χ2v) is 8.94. The molecule has 27 heavy (non-hydrogen) atoms. The van der Waals surface area contributed by atoms with Crippen LogP contribution in [0.2, 0.25) is 5.02 Å². The standard InChI is InChI=1S/C17H20ClN3O5S/c1-27(24,25)20-8-2-3-13(11-20)19-10-14-5-7-17(26-14)15-6-4-12(18)9-16(15)21(22)23/h4-7,9,13,19H,2-3,8,10-11H2,1H3. The summed E-state index contributed by atoms with van der Waals surface area (Å²) in [5.74, 6) is 1.00. The van der Waals surface area contributed by atoms with Crippen LogP contribution in [0.5, 0.6) is 0 Å². The molecule has 2 aromatic rings. The molecule has 1 aliphatic heterocycles. The van der Waals surface area contributed by atoms with Crippen LogP contribution in [0, 0.1) is 10.1 Å². The van der Waals surface area contributed by atoms with Crippen molar-refractivity contribution in [3.8, 4) is 11.3 Å². The fraction of sp³-hybridized carbons (Fsp3) is 0.412. The van der Waals surface area contributed by atoms with E-state index in [0.717, 1.165) is 12.8 Å². The first-order valence-electron chi connectivity index (χ1n) is 8.45. The Labute approximate surface area is 162 Å². The molecule has 1 unspecified atom stereocenters. The number of halogens is 1. The zero-order valence-corrected chi connectivity index (χ0v) is 16.3. The van der Waals surface area contributed by atoms with E-state index in [1.54, 1.807) is 24.3 Å². The Morgan fingerprint density at radius 1 is 1.37 bits per heavy atom. The molecule has 1 fully saturated rings. The molecule has 0 aliphatic carbocycles. The molecule has 1 saturated heterocycles. The lowest BCUT2D eigenvalue weighted by Crippen LogP contribution is -2.47. The van der Waals surface area contributed by atoms with Crippen molar-refractivity contribution in [1.82, 2.24) is 9.62 Å². The van der Waals surface area contributed by atoms with E-state index in [1.165, 1.54) is 16.6 Å². The van der Waals surface area contributed by atoms with Crippen LogP contribution in [0.3, 0.4) is 0 Å². The van der Waals surface area contributed by atoms with Crippen molar-refractivity contribution in [2.45, 2.75) is 25.4 Å². The van der Waals surface area contributed by atoms with Gasteiger partial charge in [0.2, 0.25) is 10.0 Å². The molecule has 2 heterocycles. The van der Waals surface area contributed by atoms with Crippen LogP contribution in [0.15, 0.2) is 34.7 Å². The number of piperidine rings is 1. The quantitative estimate of drug-likeness (QED) is 0.576. The summed E-state index contributed by atoms with van der Waals surface area (Å²) in [5.41, 5.74) is 0.240. The maximum Gasteiger partial charge on any atom is 0.281 e. The maximum absolute atomic E-state index is 11.7. The fourth-order valence-electron chi connectivity index (χ4n) is 3.14. The lowest BCUT2D eigenvalue weighted by Gasteiger charge is -2.31. The third-order valence-corrected chi connectivity index (χ3v) is 6.01. The van der Waals surface area contributed by atoms with E-state index in [-0.39, 0.29) is 16.8 Å². The van der Waals surface area contributed by atoms with Gasteiger partial charge in [0.1, 0.15) is 11.5 Å². The van der Waals surface area contributed by atoms with Crippen molar-refractivity contribution in [3.05, 3.63) is 51.2 Å². The average Bonchev–Trinajstić information content (AvgIpc) is 3.08. The SMILES string of the molecule is CS(=O)(=O)N1CCCC(NCc2ccc(-c3ccc(Cl)cc3[N+](=O)[O-])o2)C1. The molecule has 0 saturated carbocycles. The highest BCUT2D eigenvalue weighted by Gasteiger charge is 2.26. The number of nitrogens with one attached hydrogen (secondary N) is 1. The highest BCUT2D eigenvalue weighted by atomic mass is 35.5. The number of furan rings is 1. The summed E-state index contributed by atoms with van der Waals surface area (Å²) in [7, 11) is -3.19. The summed E-state index contributed by atoms with van der Waals surface area (Å²) in [4.78, 5) is 10.7. The van der Waals surface area contributed by atoms with Crippen molar-refractivity contribution < 1.29 is 17.8 Å². The van der Waals surface area contributed by atoms with Crippen LogP contribution in [-0.2, 0) is 16.6 Å². The predicted octanol–water partition coefficient (Wildman–Crippen LogP) is 3.02. The van der Waals surface area contributed by atoms with Crippen LogP contribution >= 0.6 is 11.6 Å². The van der Waals surface area contributed by atoms with Crippen molar-refractivity contribution in [2.75, 3.05) is 19.3 Å². The fourth-order valence-corrected chi connectivity index (χ4v) is 4.21. The first kappa shape index (κ1) is 19.8. The zero-order chi connectivity index (χ0) is 19.6. The highest BCUT2D eigenvalue weighted by molar-refractivity contribution is 7.88. The third-order valence-electron chi connectivity index (χ3n) is 4.50. The van der Waals surface area contributed by atoms with Crippen molar-refractivity contribution in [1.29, 1.82) is 0 Å². The summed E-state index contributed by atoms with van der Waals surface area (Å²) in [5, 5.41) is 14.8. The number of hydrogen-bond donors (Lipinski definition) is 1. The molecule has 0 spiro atoms. The van der Waals surface area contributed by atoms with E-state index in [0.29, 0.717) is 36.7 Å². The van der Waals surface area contributed by atoms with Crippen molar-refractivity contribution in [2.24, 2.45) is 0 Å². The Morgan fingerprint density at radius 3 is 2.85 bits per heavy atom. The van der Waals surface area contributed by atoms with Gasteiger partial charge in [-0.2, -0.15) is 0 Å². The van der Waals surface area contributed by atoms with Crippen LogP contribution in [-0.4, -0.2) is 43.0 Å². The number of sulfonamides is 1. The molecular formula is C17H20ClN3O5S. The molecule has 1 atom stereocenters. The number of nitrogens with zero attached hydrogens (tertiary/aromatic N) is 2. The van der Waals surface area contributed by atoms with E-state index < -0.39 is 14.9 Å². The monoisotopic (exact) mass is 413 g/mol. The van der Waals surface area contributed by atoms with E-state index >= 15 is 0 Å². The Balaban J connectivity index is 1.68. The minimum atomic E-state index is -3.19. The molecular weight excluding hydrogens is 394 g/mol. The molecule has 1 aromatic carbocycles. The number of nitro benzene ring substituents is 1. The van der Waals surface area contributed by atoms with Crippen LogP contribution in [0.25, 0.3) is 11.3 Å². The topological polar surface area (TPSA) is 106 Å². The number of benzene rings is 1. The molecule has 8 nitrogen and oxygen atoms in total. The Kier molecular flexibility index (Phi) is 5.85. The molecule has 0 bridgehead atoms. The minimum absolute atomic E-state index is 0.0342. The normalized spacial score (nSPS) is 18.5. The van der Waals surface area contributed by atoms with E-state index in [1.807, 2.05) is 0 Å². The predicted molar refractivity (Wildman–Crippen MR) is 102 cm³/mol. The van der Waals surface area contributed by atoms with Crippen LogP contribution in [0.1, 0.15) is 18.6 Å². The summed E-state index contributed by atoms with van der Waals surface area (Å²) >= 11 is 5.84. The Hall–Kier alpha value is -1.94. The summed E-state index contributed by atoms with van der Waals surface area (Å²) in [6.07, 6.45) is 2.89. The average molecular weight is 414 g/mol. The molecule has 0 radical (unpaired) electrons. The van der Waals surface area contributed by atoms with Gasteiger partial charge in [0.25, 0.3) is 5.69 Å². The first-order chi connectivity index (χ1) is 12.7. The van der Waals surface area contributed by atoms with Gasteiger partial charge < -0.3 is 9.73 Å². The summed E-state index contributed by atoms with van der Waals surface area (Å²) in [6, 6.07) is 7.88. The van der Waals surface area contributed by atoms with E-state index in [4.69, 9.17) is 16.0 Å². The number of nitro groups is 1. The van der Waals surface area contributed by atoms with Crippen LogP contribution < -0.4 is 5.32 Å². The van der Waals surface area contributed by atoms with Gasteiger partial charge in [0.15, 0.2) is 0 Å². The molecule has 1 aromatic heterocycles. The second kappa shape index (κ2) is 7.97. The lowest BCUT2D eigenvalue weighted by molar-refractivity contribution is -0.384. The van der Waals surface area contributed by atoms with Gasteiger partial charge >= 0.3 is 0 Å². The molecule has 1 N–H and O–H groups in total. The lowest BCUT2D eigenvalue weighted by atomic mass is 10.1. The van der Waals surface area contributed by atoms with Gasteiger partial charge in [-0.1, -0.05) is 11.6 Å². The van der Waals surface area contributed by atoms with Crippen molar-refractivity contribution in [3.63, 3.8) is 0 Å². The van der Waals surface area contributed by atoms with Gasteiger partial charge in [-0.05, 0) is 37.1 Å². The van der Waals surface area contributed by atoms with Gasteiger partial charge in [-0.25, -0.2) is 12.7 Å². The zero-order valence-electron chi connectivity index (χ0n) is 14.7. The van der Waals surface area contributed by atoms with E-state index in [2.05, 4.69) is 5.32 Å². The molecule has 0 amide bonds. The number of rotatable bonds is 6. The van der Waals surface area contributed by atoms with E-state index in [9.17, 15) is 18.5 Å². The van der Waals surface area contributed by atoms with Crippen LogP contribution in [0.4, 0.5) is 5.69 Å². The second-order valence-electron chi connectivity index (χ2n) is 6.53. The Morgan fingerprint density at radius 2 is 2.15 bits per heavy atom. The van der Waals surface area contributed by atoms with Gasteiger partial charge in [0.05, 0.1) is 23.3 Å². The smallest absolute Gasteiger partial charge is 0.281 e. The summed E-state index contributed by atoms with van der Waals surface area (Å²) < 4.78 is 30.6. The largest absolute Gasteiger partial charge is 0.459 e. The van der Waals surface area contributed by atoms with Crippen molar-refractivity contribution >= 4 is 27.3 Å². The third kappa shape index (κ3) is 4.86. The first-order valence-corrected chi connectivity index (χ1v) is 10.7. The van der Waals surface area contributed by atoms with Gasteiger partial charge in [-0.15, -0.1) is 0 Å². The molecule has 1 aliphatic rings. The molecule has 10 heteroatoms. The minimum Gasteiger partial charge on any atom is -0.459 e. The highest BCUT2D eigenvalue weighted by Crippen LogP contribution is 2.33. The maximum atomic E-state index is 11.7. The molecule has 146 valence electrons. The van der Waals surface area contributed by atoms with Gasteiger partial charge in [-0.3, -0.25) is 10.1 Å². The molecule has 3 rings (SSSR count). The van der Waals surface area contributed by atoms with Gasteiger partial charge in [0, 0.05) is 30.2 Å². The number of hydrogen-bond acceptors (Lipinski definition) is 6.